The highest BCUT2D eigenvalue weighted by Crippen LogP contribution is 2.23. The van der Waals surface area contributed by atoms with Crippen molar-refractivity contribution >= 4 is 28.4 Å². The third-order valence-electron chi connectivity index (χ3n) is 1.79. The van der Waals surface area contributed by atoms with E-state index in [1.54, 1.807) is 6.20 Å². The minimum Gasteiger partial charge on any atom is -0.294 e. The van der Waals surface area contributed by atoms with Gasteiger partial charge in [-0.2, -0.15) is 5.10 Å². The molecule has 0 aliphatic heterocycles. The molecule has 0 saturated heterocycles. The lowest BCUT2D eigenvalue weighted by Crippen LogP contribution is -1.95. The van der Waals surface area contributed by atoms with E-state index in [2.05, 4.69) is 15.2 Å². The monoisotopic (exact) mass is 195 g/mol. The fraction of sp³-hybridized carbons (Fsp3) is 0.125. The third-order valence-corrected chi connectivity index (χ3v) is 2.18. The van der Waals surface area contributed by atoms with E-state index < -0.39 is 0 Å². The molecule has 13 heavy (non-hydrogen) atoms. The molecular formula is C8H6ClN3O. The first-order valence-corrected chi connectivity index (χ1v) is 4.06. The minimum absolute atomic E-state index is 0.103. The fourth-order valence-corrected chi connectivity index (χ4v) is 1.43. The van der Waals surface area contributed by atoms with Crippen LogP contribution in [-0.4, -0.2) is 21.0 Å². The Labute approximate surface area is 78.9 Å². The summed E-state index contributed by atoms with van der Waals surface area (Å²) in [5.41, 5.74) is 1.68. The lowest BCUT2D eigenvalue weighted by molar-refractivity contribution is 0.101. The summed E-state index contributed by atoms with van der Waals surface area (Å²) in [6, 6.07) is 0. The van der Waals surface area contributed by atoms with Gasteiger partial charge in [-0.3, -0.25) is 14.9 Å². The molecule has 0 bridgehead atoms. The highest BCUT2D eigenvalue weighted by molar-refractivity contribution is 6.37. The van der Waals surface area contributed by atoms with Crippen molar-refractivity contribution in [3.8, 4) is 0 Å². The molecule has 0 amide bonds. The van der Waals surface area contributed by atoms with Crippen molar-refractivity contribution in [1.82, 2.24) is 15.2 Å². The van der Waals surface area contributed by atoms with Crippen molar-refractivity contribution in [1.29, 1.82) is 0 Å². The van der Waals surface area contributed by atoms with E-state index in [0.29, 0.717) is 21.6 Å². The van der Waals surface area contributed by atoms with E-state index in [1.165, 1.54) is 13.1 Å². The highest BCUT2D eigenvalue weighted by atomic mass is 35.5. The van der Waals surface area contributed by atoms with Gasteiger partial charge < -0.3 is 0 Å². The molecule has 0 atom stereocenters. The number of hydrogen-bond acceptors (Lipinski definition) is 3. The van der Waals surface area contributed by atoms with Gasteiger partial charge in [0, 0.05) is 6.20 Å². The van der Waals surface area contributed by atoms with Crippen LogP contribution in [-0.2, 0) is 0 Å². The quantitative estimate of drug-likeness (QED) is 0.706. The van der Waals surface area contributed by atoms with Gasteiger partial charge in [0.25, 0.3) is 0 Å². The largest absolute Gasteiger partial charge is 0.294 e. The molecule has 0 aliphatic carbocycles. The molecule has 4 nitrogen and oxygen atoms in total. The summed E-state index contributed by atoms with van der Waals surface area (Å²) < 4.78 is 0. The second-order valence-corrected chi connectivity index (χ2v) is 3.05. The van der Waals surface area contributed by atoms with Gasteiger partial charge in [0.05, 0.1) is 16.8 Å². The Morgan fingerprint density at radius 2 is 2.31 bits per heavy atom. The number of aromatic amines is 1. The Bertz CT molecular complexity index is 477. The minimum atomic E-state index is -0.103. The lowest BCUT2D eigenvalue weighted by Gasteiger charge is -1.98. The number of Topliss-reactive ketones (excluding diaryl/α,β-unsaturated/α-hetero) is 1. The van der Waals surface area contributed by atoms with Gasteiger partial charge in [-0.25, -0.2) is 0 Å². The van der Waals surface area contributed by atoms with Crippen molar-refractivity contribution in [3.63, 3.8) is 0 Å². The smallest absolute Gasteiger partial charge is 0.162 e. The lowest BCUT2D eigenvalue weighted by atomic mass is 10.2. The van der Waals surface area contributed by atoms with Gasteiger partial charge >= 0.3 is 0 Å². The van der Waals surface area contributed by atoms with E-state index in [4.69, 9.17) is 11.6 Å². The first-order chi connectivity index (χ1) is 6.20. The first kappa shape index (κ1) is 8.19. The normalized spacial score (nSPS) is 10.6. The topological polar surface area (TPSA) is 58.6 Å². The number of H-pyrrole nitrogens is 1. The molecule has 5 heteroatoms. The molecule has 2 rings (SSSR count). The number of carbonyl (C=O) groups excluding carboxylic acids is 1. The van der Waals surface area contributed by atoms with E-state index in [0.717, 1.165) is 0 Å². The molecule has 2 heterocycles. The van der Waals surface area contributed by atoms with Crippen LogP contribution in [0, 0.1) is 0 Å². The molecular weight excluding hydrogens is 190 g/mol. The number of halogens is 1. The second-order valence-electron chi connectivity index (χ2n) is 2.67. The van der Waals surface area contributed by atoms with Crippen molar-refractivity contribution < 1.29 is 4.79 Å². The molecule has 1 N–H and O–H groups in total. The van der Waals surface area contributed by atoms with Crippen LogP contribution in [0.3, 0.4) is 0 Å². The van der Waals surface area contributed by atoms with Crippen LogP contribution >= 0.6 is 11.6 Å². The summed E-state index contributed by atoms with van der Waals surface area (Å²) >= 11 is 5.95. The summed E-state index contributed by atoms with van der Waals surface area (Å²) in [6.45, 7) is 1.45. The summed E-state index contributed by atoms with van der Waals surface area (Å²) in [5, 5.41) is 6.85. The maximum atomic E-state index is 11.1. The van der Waals surface area contributed by atoms with Gasteiger partial charge in [-0.1, -0.05) is 11.6 Å². The summed E-state index contributed by atoms with van der Waals surface area (Å²) in [4.78, 5) is 15.1. The van der Waals surface area contributed by atoms with Gasteiger partial charge in [0.1, 0.15) is 11.0 Å². The number of aromatic nitrogens is 3. The fourth-order valence-electron chi connectivity index (χ4n) is 1.11. The van der Waals surface area contributed by atoms with E-state index in [-0.39, 0.29) is 5.78 Å². The molecule has 66 valence electrons. The zero-order valence-corrected chi connectivity index (χ0v) is 7.59. The van der Waals surface area contributed by atoms with Gasteiger partial charge in [-0.15, -0.1) is 0 Å². The molecule has 2 aromatic heterocycles. The average Bonchev–Trinajstić information content (AvgIpc) is 2.52. The van der Waals surface area contributed by atoms with Crippen LogP contribution in [0.1, 0.15) is 17.3 Å². The Balaban J connectivity index is 2.80. The number of ketones is 1. The number of nitrogens with zero attached hydrogens (tertiary/aromatic N) is 2. The predicted octanol–water partition coefficient (Wildman–Crippen LogP) is 1.81. The first-order valence-electron chi connectivity index (χ1n) is 3.68. The van der Waals surface area contributed by atoms with Gasteiger partial charge in [-0.05, 0) is 6.92 Å². The van der Waals surface area contributed by atoms with Crippen LogP contribution in [0.4, 0.5) is 0 Å². The second kappa shape index (κ2) is 2.81. The predicted molar refractivity (Wildman–Crippen MR) is 48.9 cm³/mol. The van der Waals surface area contributed by atoms with Gasteiger partial charge in [0.2, 0.25) is 0 Å². The molecule has 0 aliphatic rings. The van der Waals surface area contributed by atoms with E-state index >= 15 is 0 Å². The molecule has 0 saturated carbocycles. The molecule has 0 spiro atoms. The molecule has 0 unspecified atom stereocenters. The Kier molecular flexibility index (Phi) is 1.77. The third kappa shape index (κ3) is 1.19. The number of fused-ring (bicyclic) bond motifs is 1. The van der Waals surface area contributed by atoms with E-state index in [9.17, 15) is 4.79 Å². The van der Waals surface area contributed by atoms with Crippen LogP contribution in [0.15, 0.2) is 12.4 Å². The maximum Gasteiger partial charge on any atom is 0.162 e. The number of hydrogen-bond donors (Lipinski definition) is 1. The van der Waals surface area contributed by atoms with Crippen molar-refractivity contribution in [2.45, 2.75) is 6.92 Å². The summed E-state index contributed by atoms with van der Waals surface area (Å²) in [6.07, 6.45) is 3.02. The zero-order valence-electron chi connectivity index (χ0n) is 6.84. The molecule has 2 aromatic rings. The SMILES string of the molecule is CC(=O)c1cnc2cn[nH]c2c1Cl. The van der Waals surface area contributed by atoms with Crippen molar-refractivity contribution in [3.05, 3.63) is 23.0 Å². The van der Waals surface area contributed by atoms with Crippen molar-refractivity contribution in [2.24, 2.45) is 0 Å². The standard InChI is InChI=1S/C8H6ClN3O/c1-4(13)5-2-10-6-3-11-12-8(6)7(5)9/h2-3H,1H3,(H,11,12). The highest BCUT2D eigenvalue weighted by Gasteiger charge is 2.10. The summed E-state index contributed by atoms with van der Waals surface area (Å²) in [5.74, 6) is -0.103. The van der Waals surface area contributed by atoms with Crippen LogP contribution in [0.5, 0.6) is 0 Å². The number of rotatable bonds is 1. The van der Waals surface area contributed by atoms with Crippen LogP contribution in [0.2, 0.25) is 5.02 Å². The van der Waals surface area contributed by atoms with Crippen LogP contribution in [0.25, 0.3) is 11.0 Å². The Hall–Kier alpha value is -1.42. The van der Waals surface area contributed by atoms with Crippen LogP contribution < -0.4 is 0 Å². The Morgan fingerprint density at radius 3 is 3.00 bits per heavy atom. The number of pyridine rings is 1. The molecule has 0 fully saturated rings. The Morgan fingerprint density at radius 1 is 1.54 bits per heavy atom. The number of nitrogens with one attached hydrogen (secondary N) is 1. The average molecular weight is 196 g/mol. The maximum absolute atomic E-state index is 11.1. The van der Waals surface area contributed by atoms with Crippen molar-refractivity contribution in [2.75, 3.05) is 0 Å². The number of carbonyl (C=O) groups is 1. The molecule has 0 aromatic carbocycles. The summed E-state index contributed by atoms with van der Waals surface area (Å²) in [7, 11) is 0. The van der Waals surface area contributed by atoms with Gasteiger partial charge in [0.15, 0.2) is 5.78 Å². The zero-order chi connectivity index (χ0) is 9.42. The molecule has 0 radical (unpaired) electrons. The van der Waals surface area contributed by atoms with E-state index in [1.807, 2.05) is 0 Å².